The van der Waals surface area contributed by atoms with Gasteiger partial charge in [0, 0.05) is 50.0 Å². The summed E-state index contributed by atoms with van der Waals surface area (Å²) in [4.78, 5) is 14.6. The molecule has 6 heteroatoms. The topological polar surface area (TPSA) is 61.2 Å². The van der Waals surface area contributed by atoms with Crippen LogP contribution < -0.4 is 4.90 Å². The third-order valence-corrected chi connectivity index (χ3v) is 5.89. The maximum Gasteiger partial charge on any atom is 0.144 e. The smallest absolute Gasteiger partial charge is 0.144 e. The van der Waals surface area contributed by atoms with E-state index in [0.717, 1.165) is 48.8 Å². The summed E-state index contributed by atoms with van der Waals surface area (Å²) in [6.07, 6.45) is 1.24. The molecule has 2 heterocycles. The highest BCUT2D eigenvalue weighted by molar-refractivity contribution is 6.24. The van der Waals surface area contributed by atoms with Gasteiger partial charge in [0.05, 0.1) is 0 Å². The molecular formula is C25H26N4O2. The van der Waals surface area contributed by atoms with Gasteiger partial charge < -0.3 is 14.8 Å². The van der Waals surface area contributed by atoms with E-state index in [4.69, 9.17) is 4.84 Å². The largest absolute Gasteiger partial charge is 0.392 e. The first kappa shape index (κ1) is 19.7. The molecule has 1 aliphatic carbocycles. The molecule has 2 aromatic carbocycles. The number of hydrogen-bond donors (Lipinski definition) is 1. The third-order valence-electron chi connectivity index (χ3n) is 5.89. The van der Waals surface area contributed by atoms with Gasteiger partial charge >= 0.3 is 0 Å². The summed E-state index contributed by atoms with van der Waals surface area (Å²) in [6, 6.07) is 22.4. The number of nitrogens with zero attached hydrogens (tertiary/aromatic N) is 4. The minimum absolute atomic E-state index is 0.175. The van der Waals surface area contributed by atoms with E-state index in [9.17, 15) is 5.11 Å². The molecule has 0 radical (unpaired) electrons. The average molecular weight is 415 g/mol. The van der Waals surface area contributed by atoms with Crippen molar-refractivity contribution in [3.63, 3.8) is 0 Å². The standard InChI is InChI=1S/C25H26N4O2/c30-19(17-28-13-15-29(16-14-28)24-11-5-6-12-26-24)18-31-27-25-22-9-3-1-7-20(22)21-8-2-4-10-23(21)25/h1-12,19,30H,13-18H2/t19-/m1/s1. The van der Waals surface area contributed by atoms with Crippen LogP contribution in [-0.2, 0) is 4.84 Å². The van der Waals surface area contributed by atoms with Gasteiger partial charge in [-0.05, 0) is 23.3 Å². The van der Waals surface area contributed by atoms with E-state index in [1.807, 2.05) is 48.7 Å². The summed E-state index contributed by atoms with van der Waals surface area (Å²) in [5, 5.41) is 14.9. The number of aliphatic hydroxyl groups excluding tert-OH is 1. The van der Waals surface area contributed by atoms with E-state index in [1.165, 1.54) is 11.1 Å². The van der Waals surface area contributed by atoms with Gasteiger partial charge in [-0.1, -0.05) is 59.8 Å². The fourth-order valence-electron chi connectivity index (χ4n) is 4.33. The third kappa shape index (κ3) is 4.17. The van der Waals surface area contributed by atoms with E-state index in [0.29, 0.717) is 6.54 Å². The SMILES string of the molecule is O[C@@H](CON=C1c2ccccc2-c2ccccc21)CN1CCN(c2ccccn2)CC1. The Bertz CT molecular complexity index is 1010. The van der Waals surface area contributed by atoms with Crippen LogP contribution in [0.1, 0.15) is 11.1 Å². The molecule has 1 fully saturated rings. The number of β-amino-alcohol motifs (C(OH)–C–C–N with tert-alkyl or cyclic N) is 1. The monoisotopic (exact) mass is 414 g/mol. The number of benzene rings is 2. The molecule has 0 bridgehead atoms. The van der Waals surface area contributed by atoms with E-state index >= 15 is 0 Å². The van der Waals surface area contributed by atoms with E-state index in [1.54, 1.807) is 0 Å². The summed E-state index contributed by atoms with van der Waals surface area (Å²) in [7, 11) is 0. The number of piperazine rings is 1. The summed E-state index contributed by atoms with van der Waals surface area (Å²) in [6.45, 7) is 4.34. The van der Waals surface area contributed by atoms with E-state index in [-0.39, 0.29) is 6.61 Å². The first-order valence-corrected chi connectivity index (χ1v) is 10.7. The van der Waals surface area contributed by atoms with Crippen molar-refractivity contribution in [2.45, 2.75) is 6.10 Å². The summed E-state index contributed by atoms with van der Waals surface area (Å²) < 4.78 is 0. The molecule has 1 atom stereocenters. The quantitative estimate of drug-likeness (QED) is 0.492. The van der Waals surface area contributed by atoms with Gasteiger partial charge in [-0.15, -0.1) is 0 Å². The first-order chi connectivity index (χ1) is 15.3. The molecule has 3 aromatic rings. The Kier molecular flexibility index (Phi) is 5.65. The van der Waals surface area contributed by atoms with Crippen molar-refractivity contribution in [1.82, 2.24) is 9.88 Å². The second kappa shape index (κ2) is 8.88. The molecule has 0 unspecified atom stereocenters. The Hall–Kier alpha value is -3.22. The Morgan fingerprint density at radius 1 is 0.839 bits per heavy atom. The molecule has 1 N–H and O–H groups in total. The van der Waals surface area contributed by atoms with Crippen molar-refractivity contribution in [2.24, 2.45) is 5.16 Å². The molecular weight excluding hydrogens is 388 g/mol. The van der Waals surface area contributed by atoms with Crippen molar-refractivity contribution < 1.29 is 9.94 Å². The van der Waals surface area contributed by atoms with Gasteiger partial charge in [0.25, 0.3) is 0 Å². The highest BCUT2D eigenvalue weighted by Crippen LogP contribution is 2.36. The molecule has 0 saturated carbocycles. The maximum atomic E-state index is 10.5. The predicted molar refractivity (Wildman–Crippen MR) is 122 cm³/mol. The molecule has 0 amide bonds. The molecule has 5 rings (SSSR count). The number of oxime groups is 1. The lowest BCUT2D eigenvalue weighted by Crippen LogP contribution is -2.49. The van der Waals surface area contributed by atoms with Crippen molar-refractivity contribution in [1.29, 1.82) is 0 Å². The van der Waals surface area contributed by atoms with Crippen LogP contribution in [0, 0.1) is 0 Å². The lowest BCUT2D eigenvalue weighted by Gasteiger charge is -2.36. The van der Waals surface area contributed by atoms with Crippen molar-refractivity contribution in [3.8, 4) is 11.1 Å². The van der Waals surface area contributed by atoms with Gasteiger partial charge in [-0.2, -0.15) is 0 Å². The first-order valence-electron chi connectivity index (χ1n) is 10.7. The molecule has 2 aliphatic rings. The van der Waals surface area contributed by atoms with Crippen LogP contribution in [0.4, 0.5) is 5.82 Å². The van der Waals surface area contributed by atoms with Crippen molar-refractivity contribution in [3.05, 3.63) is 84.1 Å². The number of pyridine rings is 1. The lowest BCUT2D eigenvalue weighted by molar-refractivity contribution is 0.0182. The highest BCUT2D eigenvalue weighted by atomic mass is 16.6. The summed E-state index contributed by atoms with van der Waals surface area (Å²) >= 11 is 0. The number of aliphatic hydroxyl groups is 1. The van der Waals surface area contributed by atoms with Crippen LogP contribution >= 0.6 is 0 Å². The van der Waals surface area contributed by atoms with Crippen LogP contribution in [0.3, 0.4) is 0 Å². The average Bonchev–Trinajstić information content (AvgIpc) is 3.14. The van der Waals surface area contributed by atoms with Gasteiger partial charge in [-0.3, -0.25) is 4.90 Å². The van der Waals surface area contributed by atoms with Gasteiger partial charge in [0.15, 0.2) is 0 Å². The number of anilines is 1. The van der Waals surface area contributed by atoms with Gasteiger partial charge in [0.2, 0.25) is 0 Å². The van der Waals surface area contributed by atoms with Crippen molar-refractivity contribution >= 4 is 11.5 Å². The molecule has 158 valence electrons. The van der Waals surface area contributed by atoms with Crippen LogP contribution in [-0.4, -0.2) is 66.1 Å². The number of rotatable bonds is 6. The Balaban J connectivity index is 1.16. The zero-order chi connectivity index (χ0) is 21.0. The van der Waals surface area contributed by atoms with Crippen LogP contribution in [0.5, 0.6) is 0 Å². The number of aromatic nitrogens is 1. The van der Waals surface area contributed by atoms with Crippen LogP contribution in [0.2, 0.25) is 0 Å². The van der Waals surface area contributed by atoms with Crippen LogP contribution in [0.15, 0.2) is 78.1 Å². The molecule has 1 aromatic heterocycles. The molecule has 31 heavy (non-hydrogen) atoms. The second-order valence-electron chi connectivity index (χ2n) is 7.96. The molecule has 6 nitrogen and oxygen atoms in total. The zero-order valence-electron chi connectivity index (χ0n) is 17.4. The van der Waals surface area contributed by atoms with Crippen LogP contribution in [0.25, 0.3) is 11.1 Å². The summed E-state index contributed by atoms with van der Waals surface area (Å²) in [5.41, 5.74) is 5.33. The highest BCUT2D eigenvalue weighted by Gasteiger charge is 2.25. The minimum Gasteiger partial charge on any atom is -0.392 e. The summed E-state index contributed by atoms with van der Waals surface area (Å²) in [5.74, 6) is 1.01. The van der Waals surface area contributed by atoms with E-state index < -0.39 is 6.10 Å². The Labute approximate surface area is 182 Å². The van der Waals surface area contributed by atoms with Gasteiger partial charge in [0.1, 0.15) is 24.2 Å². The van der Waals surface area contributed by atoms with Gasteiger partial charge in [-0.25, -0.2) is 4.98 Å². The van der Waals surface area contributed by atoms with E-state index in [2.05, 4.69) is 44.2 Å². The predicted octanol–water partition coefficient (Wildman–Crippen LogP) is 3.01. The molecule has 1 saturated heterocycles. The fourth-order valence-corrected chi connectivity index (χ4v) is 4.33. The fraction of sp³-hybridized carbons (Fsp3) is 0.280. The number of hydrogen-bond acceptors (Lipinski definition) is 6. The zero-order valence-corrected chi connectivity index (χ0v) is 17.4. The normalized spacial score (nSPS) is 16.5. The molecule has 1 aliphatic heterocycles. The molecule has 0 spiro atoms. The number of fused-ring (bicyclic) bond motifs is 3. The Morgan fingerprint density at radius 3 is 2.06 bits per heavy atom. The lowest BCUT2D eigenvalue weighted by atomic mass is 10.1. The van der Waals surface area contributed by atoms with Crippen molar-refractivity contribution in [2.75, 3.05) is 44.2 Å². The second-order valence-corrected chi connectivity index (χ2v) is 7.96. The Morgan fingerprint density at radius 2 is 1.45 bits per heavy atom. The maximum absolute atomic E-state index is 10.5. The minimum atomic E-state index is -0.586.